The number of thioether (sulfide) groups is 1. The van der Waals surface area contributed by atoms with Crippen molar-refractivity contribution in [2.24, 2.45) is 0 Å². The highest BCUT2D eigenvalue weighted by molar-refractivity contribution is 7.98. The lowest BCUT2D eigenvalue weighted by atomic mass is 10.2. The van der Waals surface area contributed by atoms with Crippen molar-refractivity contribution in [1.29, 1.82) is 0 Å². The quantitative estimate of drug-likeness (QED) is 0.646. The van der Waals surface area contributed by atoms with Gasteiger partial charge < -0.3 is 5.32 Å². The second-order valence-corrected chi connectivity index (χ2v) is 8.98. The summed E-state index contributed by atoms with van der Waals surface area (Å²) < 4.78 is 39.2. The number of benzene rings is 2. The van der Waals surface area contributed by atoms with E-state index < -0.39 is 27.8 Å². The first-order valence-electron chi connectivity index (χ1n) is 8.44. The summed E-state index contributed by atoms with van der Waals surface area (Å²) in [5.41, 5.74) is 1.06. The van der Waals surface area contributed by atoms with E-state index in [1.54, 1.807) is 11.8 Å². The fourth-order valence-electron chi connectivity index (χ4n) is 2.57. The van der Waals surface area contributed by atoms with Gasteiger partial charge in [-0.25, -0.2) is 12.8 Å². The Hall–Kier alpha value is -2.06. The number of rotatable bonds is 9. The molecule has 8 heteroatoms. The SMILES string of the molecule is C[C@@H](C(=O)NCCSCc1ccccc1)N(c1ccccc1F)S(C)(=O)=O. The van der Waals surface area contributed by atoms with Crippen LogP contribution < -0.4 is 9.62 Å². The van der Waals surface area contributed by atoms with Crippen LogP contribution in [-0.2, 0) is 20.6 Å². The molecule has 1 N–H and O–H groups in total. The zero-order chi connectivity index (χ0) is 19.9. The molecule has 0 aliphatic rings. The fourth-order valence-corrected chi connectivity index (χ4v) is 4.56. The minimum absolute atomic E-state index is 0.138. The number of halogens is 1. The monoisotopic (exact) mass is 410 g/mol. The van der Waals surface area contributed by atoms with Crippen molar-refractivity contribution in [3.05, 3.63) is 66.0 Å². The lowest BCUT2D eigenvalue weighted by Gasteiger charge is -2.28. The lowest BCUT2D eigenvalue weighted by molar-refractivity contribution is -0.121. The Morgan fingerprint density at radius 1 is 1.15 bits per heavy atom. The number of nitrogens with zero attached hydrogens (tertiary/aromatic N) is 1. The minimum atomic E-state index is -3.83. The highest BCUT2D eigenvalue weighted by atomic mass is 32.2. The molecule has 0 fully saturated rings. The molecule has 27 heavy (non-hydrogen) atoms. The van der Waals surface area contributed by atoms with Crippen LogP contribution >= 0.6 is 11.8 Å². The predicted octanol–water partition coefficient (Wildman–Crippen LogP) is 3.03. The smallest absolute Gasteiger partial charge is 0.243 e. The number of carbonyl (C=O) groups is 1. The van der Waals surface area contributed by atoms with E-state index in [0.29, 0.717) is 12.3 Å². The molecule has 1 atom stereocenters. The van der Waals surface area contributed by atoms with Crippen molar-refractivity contribution in [3.8, 4) is 0 Å². The number of anilines is 1. The number of hydrogen-bond acceptors (Lipinski definition) is 4. The van der Waals surface area contributed by atoms with Gasteiger partial charge in [0.25, 0.3) is 0 Å². The van der Waals surface area contributed by atoms with E-state index >= 15 is 0 Å². The third-order valence-electron chi connectivity index (χ3n) is 3.84. The molecule has 0 aliphatic carbocycles. The Morgan fingerprint density at radius 2 is 1.78 bits per heavy atom. The molecule has 2 aromatic rings. The van der Waals surface area contributed by atoms with Crippen LogP contribution in [0.4, 0.5) is 10.1 Å². The third kappa shape index (κ3) is 6.25. The molecule has 0 unspecified atom stereocenters. The van der Waals surface area contributed by atoms with E-state index in [9.17, 15) is 17.6 Å². The summed E-state index contributed by atoms with van der Waals surface area (Å²) in [6.45, 7) is 1.84. The van der Waals surface area contributed by atoms with Crippen LogP contribution in [0.3, 0.4) is 0 Å². The number of nitrogens with one attached hydrogen (secondary N) is 1. The molecule has 0 saturated carbocycles. The number of sulfonamides is 1. The second kappa shape index (κ2) is 9.75. The summed E-state index contributed by atoms with van der Waals surface area (Å²) >= 11 is 1.67. The van der Waals surface area contributed by atoms with Gasteiger partial charge in [-0.05, 0) is 24.6 Å². The van der Waals surface area contributed by atoms with Gasteiger partial charge in [-0.3, -0.25) is 9.10 Å². The van der Waals surface area contributed by atoms with Crippen molar-refractivity contribution in [2.75, 3.05) is 22.9 Å². The van der Waals surface area contributed by atoms with Crippen LogP contribution in [0.15, 0.2) is 54.6 Å². The average molecular weight is 411 g/mol. The first kappa shape index (κ1) is 21.2. The highest BCUT2D eigenvalue weighted by Gasteiger charge is 2.30. The van der Waals surface area contributed by atoms with Gasteiger partial charge in [-0.2, -0.15) is 11.8 Å². The molecule has 1 amide bonds. The first-order chi connectivity index (χ1) is 12.8. The highest BCUT2D eigenvalue weighted by Crippen LogP contribution is 2.24. The van der Waals surface area contributed by atoms with E-state index in [1.807, 2.05) is 30.3 Å². The molecule has 0 bridgehead atoms. The van der Waals surface area contributed by atoms with Crippen molar-refractivity contribution in [2.45, 2.75) is 18.7 Å². The summed E-state index contributed by atoms with van der Waals surface area (Å²) in [5, 5.41) is 2.72. The van der Waals surface area contributed by atoms with Crippen LogP contribution in [0.25, 0.3) is 0 Å². The zero-order valence-corrected chi connectivity index (χ0v) is 16.9. The molecule has 0 saturated heterocycles. The van der Waals surface area contributed by atoms with E-state index in [-0.39, 0.29) is 5.69 Å². The van der Waals surface area contributed by atoms with Crippen LogP contribution in [0.2, 0.25) is 0 Å². The molecular weight excluding hydrogens is 387 g/mol. The summed E-state index contributed by atoms with van der Waals surface area (Å²) in [6.07, 6.45) is 0.957. The topological polar surface area (TPSA) is 66.5 Å². The number of hydrogen-bond donors (Lipinski definition) is 1. The van der Waals surface area contributed by atoms with Crippen LogP contribution in [0.5, 0.6) is 0 Å². The summed E-state index contributed by atoms with van der Waals surface area (Å²) in [6, 6.07) is 14.4. The van der Waals surface area contributed by atoms with Crippen molar-refractivity contribution >= 4 is 33.4 Å². The van der Waals surface area contributed by atoms with E-state index in [2.05, 4.69) is 5.32 Å². The van der Waals surface area contributed by atoms with Crippen molar-refractivity contribution in [3.63, 3.8) is 0 Å². The molecule has 2 rings (SSSR count). The Labute approximate surface area is 164 Å². The van der Waals surface area contributed by atoms with Crippen LogP contribution in [0.1, 0.15) is 12.5 Å². The zero-order valence-electron chi connectivity index (χ0n) is 15.3. The number of para-hydroxylation sites is 1. The Kier molecular flexibility index (Phi) is 7.67. The Morgan fingerprint density at radius 3 is 2.41 bits per heavy atom. The fraction of sp³-hybridized carbons (Fsp3) is 0.316. The van der Waals surface area contributed by atoms with Gasteiger partial charge >= 0.3 is 0 Å². The van der Waals surface area contributed by atoms with Gasteiger partial charge in [-0.1, -0.05) is 42.5 Å². The minimum Gasteiger partial charge on any atom is -0.353 e. The maximum atomic E-state index is 14.1. The van der Waals surface area contributed by atoms with Gasteiger partial charge in [0, 0.05) is 18.1 Å². The molecule has 0 aromatic heterocycles. The molecule has 0 radical (unpaired) electrons. The third-order valence-corrected chi connectivity index (χ3v) is 6.09. The summed E-state index contributed by atoms with van der Waals surface area (Å²) in [5.74, 6) is 0.355. The largest absolute Gasteiger partial charge is 0.353 e. The maximum absolute atomic E-state index is 14.1. The molecule has 146 valence electrons. The Balaban J connectivity index is 1.92. The Bertz CT molecular complexity index is 860. The van der Waals surface area contributed by atoms with Crippen molar-refractivity contribution < 1.29 is 17.6 Å². The molecular formula is C19H23FN2O3S2. The average Bonchev–Trinajstić information content (AvgIpc) is 2.62. The summed E-state index contributed by atoms with van der Waals surface area (Å²) in [4.78, 5) is 12.4. The van der Waals surface area contributed by atoms with Gasteiger partial charge in [0.15, 0.2) is 0 Å². The standard InChI is InChI=1S/C19H23FN2O3S2/c1-15(22(27(2,24)25)18-11-7-6-10-17(18)20)19(23)21-12-13-26-14-16-8-4-3-5-9-16/h3-11,15H,12-14H2,1-2H3,(H,21,23)/t15-/m0/s1. The van der Waals surface area contributed by atoms with Crippen molar-refractivity contribution in [1.82, 2.24) is 5.32 Å². The molecule has 2 aromatic carbocycles. The van der Waals surface area contributed by atoms with Gasteiger partial charge in [-0.15, -0.1) is 0 Å². The van der Waals surface area contributed by atoms with Gasteiger partial charge in [0.05, 0.1) is 11.9 Å². The molecule has 0 aliphatic heterocycles. The van der Waals surface area contributed by atoms with E-state index in [1.165, 1.54) is 36.8 Å². The maximum Gasteiger partial charge on any atom is 0.243 e. The lowest BCUT2D eigenvalue weighted by Crippen LogP contribution is -2.48. The first-order valence-corrected chi connectivity index (χ1v) is 11.4. The van der Waals surface area contributed by atoms with Crippen LogP contribution in [-0.4, -0.2) is 38.9 Å². The van der Waals surface area contributed by atoms with Crippen LogP contribution in [0, 0.1) is 5.82 Å². The van der Waals surface area contributed by atoms with E-state index in [0.717, 1.165) is 16.3 Å². The molecule has 0 spiro atoms. The van der Waals surface area contributed by atoms with Gasteiger partial charge in [0.1, 0.15) is 11.9 Å². The van der Waals surface area contributed by atoms with Gasteiger partial charge in [0.2, 0.25) is 15.9 Å². The predicted molar refractivity (Wildman–Crippen MR) is 109 cm³/mol. The van der Waals surface area contributed by atoms with E-state index in [4.69, 9.17) is 0 Å². The number of amides is 1. The molecule has 0 heterocycles. The number of carbonyl (C=O) groups excluding carboxylic acids is 1. The second-order valence-electron chi connectivity index (χ2n) is 6.02. The normalized spacial score (nSPS) is 12.4. The summed E-state index contributed by atoms with van der Waals surface area (Å²) in [7, 11) is -3.83. The molecule has 5 nitrogen and oxygen atoms in total.